The third-order valence-corrected chi connectivity index (χ3v) is 3.29. The van der Waals surface area contributed by atoms with Gasteiger partial charge in [0, 0.05) is 5.02 Å². The van der Waals surface area contributed by atoms with Gasteiger partial charge in [-0.15, -0.1) is 0 Å². The normalized spacial score (nSPS) is 12.9. The highest BCUT2D eigenvalue weighted by molar-refractivity contribution is 6.31. The van der Waals surface area contributed by atoms with Crippen LogP contribution in [0.25, 0.3) is 0 Å². The number of rotatable bonds is 6. The summed E-state index contributed by atoms with van der Waals surface area (Å²) < 4.78 is 5.16. The van der Waals surface area contributed by atoms with E-state index >= 15 is 0 Å². The molecule has 0 N–H and O–H groups in total. The minimum Gasteiger partial charge on any atom is -0.497 e. The van der Waals surface area contributed by atoms with Crippen LogP contribution < -0.4 is 4.74 Å². The molecule has 0 saturated heterocycles. The predicted molar refractivity (Wildman–Crippen MR) is 75.1 cm³/mol. The van der Waals surface area contributed by atoms with Gasteiger partial charge >= 0.3 is 0 Å². The van der Waals surface area contributed by atoms with E-state index in [-0.39, 0.29) is 0 Å². The predicted octanol–water partition coefficient (Wildman–Crippen LogP) is 5.20. The van der Waals surface area contributed by atoms with Crippen LogP contribution in [0.2, 0.25) is 5.02 Å². The lowest BCUT2D eigenvalue weighted by atomic mass is 9.93. The Morgan fingerprint density at radius 3 is 2.59 bits per heavy atom. The molecular weight excluding hydrogens is 232 g/mol. The second-order valence-electron chi connectivity index (χ2n) is 4.11. The van der Waals surface area contributed by atoms with Gasteiger partial charge in [0.25, 0.3) is 0 Å². The minimum atomic E-state index is 0.496. The summed E-state index contributed by atoms with van der Waals surface area (Å²) >= 11 is 6.29. The van der Waals surface area contributed by atoms with Crippen molar-refractivity contribution >= 4 is 11.6 Å². The molecule has 94 valence electrons. The van der Waals surface area contributed by atoms with Crippen LogP contribution in [-0.2, 0) is 0 Å². The average Bonchev–Trinajstić information content (AvgIpc) is 2.35. The highest BCUT2D eigenvalue weighted by Crippen LogP contribution is 2.32. The van der Waals surface area contributed by atoms with Crippen molar-refractivity contribution in [2.24, 2.45) is 0 Å². The molecule has 0 bridgehead atoms. The van der Waals surface area contributed by atoms with Gasteiger partial charge in [-0.2, -0.15) is 0 Å². The fourth-order valence-electron chi connectivity index (χ4n) is 1.91. The zero-order chi connectivity index (χ0) is 12.7. The lowest BCUT2D eigenvalue weighted by Crippen LogP contribution is -1.97. The number of halogens is 1. The van der Waals surface area contributed by atoms with Gasteiger partial charge in [-0.05, 0) is 42.9 Å². The molecule has 1 atom stereocenters. The first-order valence-corrected chi connectivity index (χ1v) is 6.59. The van der Waals surface area contributed by atoms with E-state index in [0.717, 1.165) is 30.0 Å². The van der Waals surface area contributed by atoms with E-state index in [1.54, 1.807) is 7.11 Å². The number of benzene rings is 1. The molecule has 1 aromatic rings. The Bertz CT molecular complexity index is 371. The summed E-state index contributed by atoms with van der Waals surface area (Å²) in [4.78, 5) is 0. The lowest BCUT2D eigenvalue weighted by molar-refractivity contribution is 0.414. The molecule has 0 saturated carbocycles. The van der Waals surface area contributed by atoms with E-state index in [0.29, 0.717) is 5.92 Å². The summed E-state index contributed by atoms with van der Waals surface area (Å²) in [5.74, 6) is 1.31. The quantitative estimate of drug-likeness (QED) is 0.633. The number of hydrogen-bond donors (Lipinski definition) is 0. The third kappa shape index (κ3) is 4.08. The van der Waals surface area contributed by atoms with Crippen LogP contribution in [0, 0.1) is 0 Å². The number of ether oxygens (including phenoxy) is 1. The molecule has 0 aromatic heterocycles. The van der Waals surface area contributed by atoms with Crippen molar-refractivity contribution in [3.05, 3.63) is 40.9 Å². The van der Waals surface area contributed by atoms with Gasteiger partial charge in [-0.1, -0.05) is 43.7 Å². The number of methoxy groups -OCH3 is 1. The van der Waals surface area contributed by atoms with Crippen molar-refractivity contribution in [2.45, 2.75) is 39.0 Å². The molecule has 1 nitrogen and oxygen atoms in total. The molecular formula is C15H21ClO. The summed E-state index contributed by atoms with van der Waals surface area (Å²) in [6.45, 7) is 4.35. The largest absolute Gasteiger partial charge is 0.497 e. The summed E-state index contributed by atoms with van der Waals surface area (Å²) in [6, 6.07) is 5.95. The monoisotopic (exact) mass is 252 g/mol. The van der Waals surface area contributed by atoms with E-state index in [2.05, 4.69) is 32.1 Å². The van der Waals surface area contributed by atoms with Crippen molar-refractivity contribution in [3.63, 3.8) is 0 Å². The standard InChI is InChI=1S/C15H21ClO/c1-4-6-7-8-12(5-2)14-10-9-13(17-3)11-15(14)16/h6-7,9-12H,4-5,8H2,1-3H3/b7-6-. The highest BCUT2D eigenvalue weighted by atomic mass is 35.5. The van der Waals surface area contributed by atoms with E-state index in [1.807, 2.05) is 12.1 Å². The molecule has 1 unspecified atom stereocenters. The zero-order valence-corrected chi connectivity index (χ0v) is 11.6. The summed E-state index contributed by atoms with van der Waals surface area (Å²) in [7, 11) is 1.66. The first-order chi connectivity index (χ1) is 8.22. The Balaban J connectivity index is 2.84. The Kier molecular flexibility index (Phi) is 6.13. The van der Waals surface area contributed by atoms with Crippen molar-refractivity contribution in [2.75, 3.05) is 7.11 Å². The second-order valence-corrected chi connectivity index (χ2v) is 4.52. The Labute approximate surface area is 109 Å². The van der Waals surface area contributed by atoms with E-state index in [9.17, 15) is 0 Å². The van der Waals surface area contributed by atoms with Gasteiger partial charge in [0.05, 0.1) is 7.11 Å². The fourth-order valence-corrected chi connectivity index (χ4v) is 2.23. The van der Waals surface area contributed by atoms with Crippen LogP contribution in [0.5, 0.6) is 5.75 Å². The van der Waals surface area contributed by atoms with Crippen LogP contribution in [0.1, 0.15) is 44.6 Å². The summed E-state index contributed by atoms with van der Waals surface area (Å²) in [5.41, 5.74) is 1.22. The Hall–Kier alpha value is -0.950. The van der Waals surface area contributed by atoms with Crippen LogP contribution in [0.4, 0.5) is 0 Å². The molecule has 0 spiro atoms. The molecule has 2 heteroatoms. The highest BCUT2D eigenvalue weighted by Gasteiger charge is 2.12. The van der Waals surface area contributed by atoms with E-state index in [1.165, 1.54) is 5.56 Å². The number of allylic oxidation sites excluding steroid dienone is 2. The first kappa shape index (κ1) is 14.1. The van der Waals surface area contributed by atoms with Crippen LogP contribution in [0.15, 0.2) is 30.4 Å². The molecule has 0 aliphatic carbocycles. The van der Waals surface area contributed by atoms with Crippen LogP contribution >= 0.6 is 11.6 Å². The first-order valence-electron chi connectivity index (χ1n) is 6.21. The molecule has 0 fully saturated rings. The molecule has 0 heterocycles. The lowest BCUT2D eigenvalue weighted by Gasteiger charge is -2.15. The summed E-state index contributed by atoms with van der Waals surface area (Å²) in [6.07, 6.45) is 7.69. The van der Waals surface area contributed by atoms with Crippen molar-refractivity contribution in [1.82, 2.24) is 0 Å². The second kappa shape index (κ2) is 7.39. The van der Waals surface area contributed by atoms with Gasteiger partial charge < -0.3 is 4.74 Å². The van der Waals surface area contributed by atoms with E-state index in [4.69, 9.17) is 16.3 Å². The average molecular weight is 253 g/mol. The smallest absolute Gasteiger partial charge is 0.120 e. The molecule has 1 aromatic carbocycles. The van der Waals surface area contributed by atoms with Crippen LogP contribution in [-0.4, -0.2) is 7.11 Å². The van der Waals surface area contributed by atoms with Gasteiger partial charge in [0.1, 0.15) is 5.75 Å². The molecule has 0 radical (unpaired) electrons. The minimum absolute atomic E-state index is 0.496. The fraction of sp³-hybridized carbons (Fsp3) is 0.467. The Morgan fingerprint density at radius 1 is 1.29 bits per heavy atom. The topological polar surface area (TPSA) is 9.23 Å². The summed E-state index contributed by atoms with van der Waals surface area (Å²) in [5, 5.41) is 0.807. The van der Waals surface area contributed by atoms with Gasteiger partial charge in [-0.3, -0.25) is 0 Å². The van der Waals surface area contributed by atoms with Crippen molar-refractivity contribution < 1.29 is 4.74 Å². The Morgan fingerprint density at radius 2 is 2.06 bits per heavy atom. The number of hydrogen-bond acceptors (Lipinski definition) is 1. The van der Waals surface area contributed by atoms with Crippen molar-refractivity contribution in [1.29, 1.82) is 0 Å². The third-order valence-electron chi connectivity index (χ3n) is 2.96. The van der Waals surface area contributed by atoms with Gasteiger partial charge in [0.15, 0.2) is 0 Å². The zero-order valence-electron chi connectivity index (χ0n) is 10.9. The molecule has 0 aliphatic heterocycles. The van der Waals surface area contributed by atoms with Gasteiger partial charge in [0.2, 0.25) is 0 Å². The van der Waals surface area contributed by atoms with E-state index < -0.39 is 0 Å². The van der Waals surface area contributed by atoms with Crippen LogP contribution in [0.3, 0.4) is 0 Å². The molecule has 0 aliphatic rings. The maximum atomic E-state index is 6.29. The maximum absolute atomic E-state index is 6.29. The SMILES string of the molecule is CC/C=C\CC(CC)c1ccc(OC)cc1Cl. The molecule has 0 amide bonds. The molecule has 1 rings (SSSR count). The van der Waals surface area contributed by atoms with Gasteiger partial charge in [-0.25, -0.2) is 0 Å². The maximum Gasteiger partial charge on any atom is 0.120 e. The molecule has 17 heavy (non-hydrogen) atoms. The van der Waals surface area contributed by atoms with Crippen molar-refractivity contribution in [3.8, 4) is 5.75 Å².